The highest BCUT2D eigenvalue weighted by Gasteiger charge is 2.39. The van der Waals surface area contributed by atoms with Crippen LogP contribution in [0.15, 0.2) is 22.7 Å². The fraction of sp³-hybridized carbons (Fsp3) is 0.480. The van der Waals surface area contributed by atoms with Crippen LogP contribution in [0.1, 0.15) is 84.5 Å². The van der Waals surface area contributed by atoms with Gasteiger partial charge >= 0.3 is 0 Å². The molecule has 2 atom stereocenters. The molecule has 0 fully saturated rings. The molecule has 0 aliphatic carbocycles. The molecule has 11 heteroatoms. The molecule has 5 rings (SSSR count). The standard InChI is InChI=1S/C25H28Cl2N6O3/c1-13-10-19-16(12-32(13)22(34)15-6-7-17(26)18(27)11-15)20-23(35)31(8-9-33(20)29-19)14(2)21-28-24(30-36-21)25(3,4)5/h6-7,11,13-14H,8-10,12H2,1-5H3/t13-,14?/m1/s1. The molecule has 2 aliphatic rings. The lowest BCUT2D eigenvalue weighted by molar-refractivity contribution is 0.0576. The minimum Gasteiger partial charge on any atom is -0.337 e. The summed E-state index contributed by atoms with van der Waals surface area (Å²) in [7, 11) is 0. The lowest BCUT2D eigenvalue weighted by Gasteiger charge is -2.34. The second-order valence-corrected chi connectivity index (χ2v) is 11.3. The second-order valence-electron chi connectivity index (χ2n) is 10.5. The monoisotopic (exact) mass is 530 g/mol. The zero-order valence-electron chi connectivity index (χ0n) is 20.9. The van der Waals surface area contributed by atoms with E-state index in [-0.39, 0.29) is 29.8 Å². The predicted molar refractivity (Wildman–Crippen MR) is 134 cm³/mol. The highest BCUT2D eigenvalue weighted by molar-refractivity contribution is 6.42. The molecule has 0 N–H and O–H groups in total. The summed E-state index contributed by atoms with van der Waals surface area (Å²) in [6, 6.07) is 4.38. The van der Waals surface area contributed by atoms with Crippen LogP contribution in [0, 0.1) is 0 Å². The van der Waals surface area contributed by atoms with Crippen LogP contribution in [-0.2, 0) is 24.9 Å². The summed E-state index contributed by atoms with van der Waals surface area (Å²) in [5, 5.41) is 9.55. The Bertz CT molecular complexity index is 1360. The first-order chi connectivity index (χ1) is 17.0. The number of halogens is 2. The van der Waals surface area contributed by atoms with Crippen molar-refractivity contribution in [1.82, 2.24) is 29.7 Å². The number of rotatable bonds is 3. The number of carbonyl (C=O) groups excluding carboxylic acids is 2. The highest BCUT2D eigenvalue weighted by atomic mass is 35.5. The molecule has 3 aromatic rings. The first kappa shape index (κ1) is 24.8. The van der Waals surface area contributed by atoms with Gasteiger partial charge in [0.05, 0.1) is 28.8 Å². The van der Waals surface area contributed by atoms with Crippen LogP contribution in [0.2, 0.25) is 10.0 Å². The topological polar surface area (TPSA) is 97.4 Å². The van der Waals surface area contributed by atoms with Crippen molar-refractivity contribution in [2.75, 3.05) is 6.54 Å². The molecule has 0 bridgehead atoms. The smallest absolute Gasteiger partial charge is 0.273 e. The lowest BCUT2D eigenvalue weighted by atomic mass is 9.96. The lowest BCUT2D eigenvalue weighted by Crippen LogP contribution is -2.44. The molecule has 2 aliphatic heterocycles. The van der Waals surface area contributed by atoms with Gasteiger partial charge in [-0.3, -0.25) is 14.3 Å². The summed E-state index contributed by atoms with van der Waals surface area (Å²) in [5.41, 5.74) is 2.34. The summed E-state index contributed by atoms with van der Waals surface area (Å²) in [6.45, 7) is 11.2. The highest BCUT2D eigenvalue weighted by Crippen LogP contribution is 2.33. The van der Waals surface area contributed by atoms with Gasteiger partial charge in [-0.2, -0.15) is 10.1 Å². The molecule has 0 saturated carbocycles. The molecule has 2 aromatic heterocycles. The van der Waals surface area contributed by atoms with E-state index < -0.39 is 6.04 Å². The maximum atomic E-state index is 13.7. The normalized spacial score (nSPS) is 18.8. The van der Waals surface area contributed by atoms with Gasteiger partial charge in [0.25, 0.3) is 11.8 Å². The number of carbonyl (C=O) groups is 2. The fourth-order valence-corrected chi connectivity index (χ4v) is 5.01. The number of fused-ring (bicyclic) bond motifs is 3. The van der Waals surface area contributed by atoms with E-state index >= 15 is 0 Å². The SMILES string of the molecule is CC(c1nc(C(C)(C)C)no1)N1CCn2nc3c(c2C1=O)CN(C(=O)c1ccc(Cl)c(Cl)c1)[C@H](C)C3. The number of benzene rings is 1. The minimum absolute atomic E-state index is 0.0873. The third kappa shape index (κ3) is 4.18. The van der Waals surface area contributed by atoms with Crippen LogP contribution in [0.25, 0.3) is 0 Å². The maximum absolute atomic E-state index is 13.7. The molecule has 0 radical (unpaired) electrons. The largest absolute Gasteiger partial charge is 0.337 e. The van der Waals surface area contributed by atoms with E-state index in [1.165, 1.54) is 0 Å². The molecule has 2 amide bonds. The van der Waals surface area contributed by atoms with Crippen molar-refractivity contribution < 1.29 is 14.1 Å². The molecule has 0 spiro atoms. The van der Waals surface area contributed by atoms with Crippen molar-refractivity contribution in [3.63, 3.8) is 0 Å². The van der Waals surface area contributed by atoms with Crippen LogP contribution in [-0.4, -0.2) is 54.1 Å². The van der Waals surface area contributed by atoms with Crippen LogP contribution in [0.3, 0.4) is 0 Å². The third-order valence-corrected chi connectivity index (χ3v) is 7.60. The molecule has 4 heterocycles. The fourth-order valence-electron chi connectivity index (χ4n) is 4.72. The van der Waals surface area contributed by atoms with Gasteiger partial charge in [0.2, 0.25) is 5.89 Å². The molecule has 190 valence electrons. The van der Waals surface area contributed by atoms with Gasteiger partial charge in [-0.05, 0) is 32.0 Å². The van der Waals surface area contributed by atoms with Gasteiger partial charge < -0.3 is 14.3 Å². The average molecular weight is 531 g/mol. The number of nitrogens with zero attached hydrogens (tertiary/aromatic N) is 6. The van der Waals surface area contributed by atoms with Gasteiger partial charge in [0, 0.05) is 35.5 Å². The zero-order chi connectivity index (χ0) is 25.9. The van der Waals surface area contributed by atoms with Crippen molar-refractivity contribution in [2.45, 2.75) is 71.6 Å². The second kappa shape index (κ2) is 8.88. The van der Waals surface area contributed by atoms with Crippen molar-refractivity contribution >= 4 is 35.0 Å². The first-order valence-electron chi connectivity index (χ1n) is 12.0. The van der Waals surface area contributed by atoms with Gasteiger partial charge in [0.15, 0.2) is 5.82 Å². The molecule has 36 heavy (non-hydrogen) atoms. The molecule has 0 saturated heterocycles. The summed E-state index contributed by atoms with van der Waals surface area (Å²) in [5.74, 6) is 0.678. The van der Waals surface area contributed by atoms with E-state index in [9.17, 15) is 9.59 Å². The van der Waals surface area contributed by atoms with Crippen molar-refractivity contribution in [3.05, 3.63) is 62.5 Å². The third-order valence-electron chi connectivity index (χ3n) is 6.86. The Balaban J connectivity index is 1.43. The molecule has 9 nitrogen and oxygen atoms in total. The molecular formula is C25H28Cl2N6O3. The number of aromatic nitrogens is 4. The number of hydrogen-bond donors (Lipinski definition) is 0. The average Bonchev–Trinajstić information content (AvgIpc) is 3.45. The van der Waals surface area contributed by atoms with Crippen LogP contribution < -0.4 is 0 Å². The van der Waals surface area contributed by atoms with Gasteiger partial charge in [-0.1, -0.05) is 49.1 Å². The summed E-state index contributed by atoms with van der Waals surface area (Å²) in [6.07, 6.45) is 0.559. The Morgan fingerprint density at radius 3 is 2.61 bits per heavy atom. The Hall–Kier alpha value is -2.91. The summed E-state index contributed by atoms with van der Waals surface area (Å²) >= 11 is 12.2. The van der Waals surface area contributed by atoms with E-state index in [1.54, 1.807) is 32.7 Å². The van der Waals surface area contributed by atoms with Crippen molar-refractivity contribution in [2.24, 2.45) is 0 Å². The van der Waals surface area contributed by atoms with Gasteiger partial charge in [0.1, 0.15) is 11.7 Å². The first-order valence-corrected chi connectivity index (χ1v) is 12.7. The Kier molecular flexibility index (Phi) is 6.11. The molecule has 1 aromatic carbocycles. The molecular weight excluding hydrogens is 503 g/mol. The number of amides is 2. The summed E-state index contributed by atoms with van der Waals surface area (Å²) < 4.78 is 7.28. The van der Waals surface area contributed by atoms with Gasteiger partial charge in [-0.25, -0.2) is 0 Å². The van der Waals surface area contributed by atoms with Gasteiger partial charge in [-0.15, -0.1) is 0 Å². The quantitative estimate of drug-likeness (QED) is 0.487. The Labute approximate surface area is 219 Å². The summed E-state index contributed by atoms with van der Waals surface area (Å²) in [4.78, 5) is 35.1. The van der Waals surface area contributed by atoms with E-state index in [2.05, 4.69) is 10.1 Å². The van der Waals surface area contributed by atoms with Crippen molar-refractivity contribution in [1.29, 1.82) is 0 Å². The van der Waals surface area contributed by atoms with Crippen LogP contribution >= 0.6 is 23.2 Å². The van der Waals surface area contributed by atoms with Crippen molar-refractivity contribution in [3.8, 4) is 0 Å². The minimum atomic E-state index is -0.392. The Morgan fingerprint density at radius 2 is 1.94 bits per heavy atom. The Morgan fingerprint density at radius 1 is 1.19 bits per heavy atom. The van der Waals surface area contributed by atoms with E-state index in [0.717, 1.165) is 11.3 Å². The zero-order valence-corrected chi connectivity index (χ0v) is 22.4. The maximum Gasteiger partial charge on any atom is 0.273 e. The predicted octanol–water partition coefficient (Wildman–Crippen LogP) is 4.67. The van der Waals surface area contributed by atoms with E-state index in [1.807, 2.05) is 34.6 Å². The van der Waals surface area contributed by atoms with Crippen LogP contribution in [0.4, 0.5) is 0 Å². The molecule has 1 unspecified atom stereocenters. The van der Waals surface area contributed by atoms with E-state index in [4.69, 9.17) is 32.8 Å². The van der Waals surface area contributed by atoms with E-state index in [0.29, 0.717) is 52.5 Å². The number of hydrogen-bond acceptors (Lipinski definition) is 6. The van der Waals surface area contributed by atoms with Crippen LogP contribution in [0.5, 0.6) is 0 Å².